The second-order valence-electron chi connectivity index (χ2n) is 5.22. The number of fused-ring (bicyclic) bond motifs is 1. The second-order valence-corrected chi connectivity index (χ2v) is 5.63. The van der Waals surface area contributed by atoms with E-state index in [9.17, 15) is 0 Å². The molecule has 0 saturated carbocycles. The molecular formula is C17H18ClN. The Hall–Kier alpha value is -1.47. The van der Waals surface area contributed by atoms with Crippen LogP contribution in [0, 0.1) is 0 Å². The highest BCUT2D eigenvalue weighted by atomic mass is 35.5. The average Bonchev–Trinajstić information content (AvgIpc) is 2.86. The maximum atomic E-state index is 6.24. The molecule has 2 aromatic rings. The lowest BCUT2D eigenvalue weighted by Gasteiger charge is -2.17. The minimum Gasteiger partial charge on any atom is -0.378 e. The van der Waals surface area contributed by atoms with Crippen LogP contribution in [0.5, 0.6) is 0 Å². The molecule has 1 aliphatic carbocycles. The highest BCUT2D eigenvalue weighted by molar-refractivity contribution is 6.31. The summed E-state index contributed by atoms with van der Waals surface area (Å²) < 4.78 is 0. The van der Waals surface area contributed by atoms with E-state index in [4.69, 9.17) is 11.6 Å². The van der Waals surface area contributed by atoms with Gasteiger partial charge in [-0.2, -0.15) is 0 Å². The number of aryl methyl sites for hydroxylation is 2. The minimum atomic E-state index is 0.216. The first kappa shape index (κ1) is 12.6. The molecular weight excluding hydrogens is 254 g/mol. The zero-order valence-electron chi connectivity index (χ0n) is 11.1. The van der Waals surface area contributed by atoms with Gasteiger partial charge in [-0.1, -0.05) is 35.9 Å². The van der Waals surface area contributed by atoms with Gasteiger partial charge in [-0.25, -0.2) is 0 Å². The molecule has 2 aromatic carbocycles. The molecule has 0 aliphatic heterocycles. The van der Waals surface area contributed by atoms with E-state index in [0.717, 1.165) is 10.6 Å². The third-order valence-electron chi connectivity index (χ3n) is 3.85. The summed E-state index contributed by atoms with van der Waals surface area (Å²) in [7, 11) is 0. The maximum absolute atomic E-state index is 6.24. The van der Waals surface area contributed by atoms with Gasteiger partial charge in [0.05, 0.1) is 0 Å². The van der Waals surface area contributed by atoms with E-state index in [-0.39, 0.29) is 6.04 Å². The molecule has 3 rings (SSSR count). The van der Waals surface area contributed by atoms with Gasteiger partial charge in [0.1, 0.15) is 0 Å². The molecule has 0 radical (unpaired) electrons. The molecule has 1 nitrogen and oxygen atoms in total. The fourth-order valence-electron chi connectivity index (χ4n) is 2.82. The van der Waals surface area contributed by atoms with Crippen LogP contribution in [0.4, 0.5) is 5.69 Å². The van der Waals surface area contributed by atoms with Gasteiger partial charge in [-0.15, -0.1) is 0 Å². The number of nitrogens with one attached hydrogen (secondary N) is 1. The highest BCUT2D eigenvalue weighted by Crippen LogP contribution is 2.29. The summed E-state index contributed by atoms with van der Waals surface area (Å²) in [4.78, 5) is 0. The number of hydrogen-bond acceptors (Lipinski definition) is 1. The molecule has 0 amide bonds. The maximum Gasteiger partial charge on any atom is 0.0500 e. The number of benzene rings is 2. The van der Waals surface area contributed by atoms with Gasteiger partial charge in [-0.3, -0.25) is 0 Å². The Morgan fingerprint density at radius 2 is 1.84 bits per heavy atom. The summed E-state index contributed by atoms with van der Waals surface area (Å²) in [6.07, 6.45) is 3.74. The van der Waals surface area contributed by atoms with Crippen LogP contribution in [-0.2, 0) is 12.8 Å². The van der Waals surface area contributed by atoms with Crippen molar-refractivity contribution in [2.45, 2.75) is 32.2 Å². The summed E-state index contributed by atoms with van der Waals surface area (Å²) in [5.41, 5.74) is 5.34. The molecule has 0 heterocycles. The second kappa shape index (κ2) is 5.26. The van der Waals surface area contributed by atoms with Crippen molar-refractivity contribution in [3.63, 3.8) is 0 Å². The summed E-state index contributed by atoms with van der Waals surface area (Å²) >= 11 is 6.24. The molecule has 1 N–H and O–H groups in total. The minimum absolute atomic E-state index is 0.216. The van der Waals surface area contributed by atoms with E-state index >= 15 is 0 Å². The molecule has 19 heavy (non-hydrogen) atoms. The zero-order chi connectivity index (χ0) is 13.2. The van der Waals surface area contributed by atoms with Gasteiger partial charge in [-0.05, 0) is 61.1 Å². The van der Waals surface area contributed by atoms with Crippen molar-refractivity contribution < 1.29 is 0 Å². The van der Waals surface area contributed by atoms with Crippen LogP contribution in [0.15, 0.2) is 42.5 Å². The van der Waals surface area contributed by atoms with Crippen molar-refractivity contribution in [3.8, 4) is 0 Å². The third kappa shape index (κ3) is 2.62. The fourth-order valence-corrected chi connectivity index (χ4v) is 3.12. The van der Waals surface area contributed by atoms with E-state index in [2.05, 4.69) is 36.5 Å². The van der Waals surface area contributed by atoms with Crippen molar-refractivity contribution in [1.82, 2.24) is 0 Å². The molecule has 0 saturated heterocycles. The standard InChI is InChI=1S/C17H18ClN/c1-12(16-7-2-3-8-17(16)18)19-15-10-9-13-5-4-6-14(13)11-15/h2-3,7-12,19H,4-6H2,1H3. The van der Waals surface area contributed by atoms with Crippen molar-refractivity contribution in [1.29, 1.82) is 0 Å². The quantitative estimate of drug-likeness (QED) is 0.828. The summed E-state index contributed by atoms with van der Waals surface area (Å²) in [5.74, 6) is 0. The van der Waals surface area contributed by atoms with E-state index in [1.54, 1.807) is 0 Å². The predicted molar refractivity (Wildman–Crippen MR) is 82.0 cm³/mol. The molecule has 0 spiro atoms. The molecule has 0 aromatic heterocycles. The van der Waals surface area contributed by atoms with Crippen LogP contribution in [-0.4, -0.2) is 0 Å². The van der Waals surface area contributed by atoms with Gasteiger partial charge < -0.3 is 5.32 Å². The Morgan fingerprint density at radius 3 is 2.68 bits per heavy atom. The van der Waals surface area contributed by atoms with Gasteiger partial charge in [0.25, 0.3) is 0 Å². The van der Waals surface area contributed by atoms with Crippen LogP contribution < -0.4 is 5.32 Å². The van der Waals surface area contributed by atoms with Crippen LogP contribution >= 0.6 is 11.6 Å². The molecule has 0 bridgehead atoms. The summed E-state index contributed by atoms with van der Waals surface area (Å²) in [6, 6.07) is 15.0. The van der Waals surface area contributed by atoms with Crippen LogP contribution in [0.2, 0.25) is 5.02 Å². The Balaban J connectivity index is 1.80. The Kier molecular flexibility index (Phi) is 3.48. The Morgan fingerprint density at radius 1 is 1.05 bits per heavy atom. The van der Waals surface area contributed by atoms with Crippen molar-refractivity contribution in [2.75, 3.05) is 5.32 Å². The molecule has 1 atom stereocenters. The first-order valence-electron chi connectivity index (χ1n) is 6.87. The molecule has 2 heteroatoms. The van der Waals surface area contributed by atoms with Crippen LogP contribution in [0.1, 0.15) is 36.1 Å². The summed E-state index contributed by atoms with van der Waals surface area (Å²) in [5, 5.41) is 4.37. The van der Waals surface area contributed by atoms with Gasteiger partial charge in [0.15, 0.2) is 0 Å². The van der Waals surface area contributed by atoms with E-state index < -0.39 is 0 Å². The number of anilines is 1. The number of halogens is 1. The van der Waals surface area contributed by atoms with Gasteiger partial charge >= 0.3 is 0 Å². The molecule has 0 fully saturated rings. The first-order chi connectivity index (χ1) is 9.24. The van der Waals surface area contributed by atoms with Crippen LogP contribution in [0.25, 0.3) is 0 Å². The Labute approximate surface area is 119 Å². The van der Waals surface area contributed by atoms with Crippen molar-refractivity contribution in [3.05, 3.63) is 64.2 Å². The van der Waals surface area contributed by atoms with Crippen molar-refractivity contribution >= 4 is 17.3 Å². The average molecular weight is 272 g/mol. The monoisotopic (exact) mass is 271 g/mol. The first-order valence-corrected chi connectivity index (χ1v) is 7.24. The molecule has 1 aliphatic rings. The smallest absolute Gasteiger partial charge is 0.0500 e. The zero-order valence-corrected chi connectivity index (χ0v) is 11.9. The lowest BCUT2D eigenvalue weighted by atomic mass is 10.1. The van der Waals surface area contributed by atoms with Crippen molar-refractivity contribution in [2.24, 2.45) is 0 Å². The lowest BCUT2D eigenvalue weighted by Crippen LogP contribution is -2.07. The van der Waals surface area contributed by atoms with E-state index in [1.165, 1.54) is 36.1 Å². The summed E-state index contributed by atoms with van der Waals surface area (Å²) in [6.45, 7) is 2.15. The van der Waals surface area contributed by atoms with Gasteiger partial charge in [0.2, 0.25) is 0 Å². The number of hydrogen-bond donors (Lipinski definition) is 1. The predicted octanol–water partition coefficient (Wildman–Crippen LogP) is 5.00. The highest BCUT2D eigenvalue weighted by Gasteiger charge is 2.13. The van der Waals surface area contributed by atoms with E-state index in [1.807, 2.05) is 18.2 Å². The van der Waals surface area contributed by atoms with Crippen LogP contribution in [0.3, 0.4) is 0 Å². The Bertz CT molecular complexity index is 592. The molecule has 1 unspecified atom stereocenters. The number of rotatable bonds is 3. The normalized spacial score (nSPS) is 15.1. The SMILES string of the molecule is CC(Nc1ccc2c(c1)CCC2)c1ccccc1Cl. The fraction of sp³-hybridized carbons (Fsp3) is 0.294. The van der Waals surface area contributed by atoms with E-state index in [0.29, 0.717) is 0 Å². The molecule has 98 valence electrons. The van der Waals surface area contributed by atoms with Gasteiger partial charge in [0, 0.05) is 16.8 Å². The largest absolute Gasteiger partial charge is 0.378 e. The lowest BCUT2D eigenvalue weighted by molar-refractivity contribution is 0.884. The topological polar surface area (TPSA) is 12.0 Å². The third-order valence-corrected chi connectivity index (χ3v) is 4.20.